The van der Waals surface area contributed by atoms with E-state index in [1.165, 1.54) is 19.3 Å². The zero-order valence-electron chi connectivity index (χ0n) is 9.46. The second-order valence-corrected chi connectivity index (χ2v) is 4.72. The molecule has 4 heteroatoms. The van der Waals surface area contributed by atoms with Crippen LogP contribution in [0, 0.1) is 0 Å². The van der Waals surface area contributed by atoms with Crippen molar-refractivity contribution in [3.05, 3.63) is 21.6 Å². The van der Waals surface area contributed by atoms with E-state index < -0.39 is 0 Å². The minimum absolute atomic E-state index is 0.0862. The minimum atomic E-state index is 0.0862. The number of rotatable bonds is 1. The van der Waals surface area contributed by atoms with E-state index in [0.29, 0.717) is 0 Å². The highest BCUT2D eigenvalue weighted by atomic mass is 16.1. The molecule has 0 atom stereocenters. The maximum atomic E-state index is 11.9. The molecule has 3 rings (SSSR count). The Kier molecular flexibility index (Phi) is 2.42. The van der Waals surface area contributed by atoms with E-state index in [-0.39, 0.29) is 5.56 Å². The molecule has 0 spiro atoms. The SMILES string of the molecule is O=c1[nH]c(N2CCCCC2)nc2c1CCC2. The van der Waals surface area contributed by atoms with Crippen LogP contribution in [0.1, 0.15) is 36.9 Å². The first-order chi connectivity index (χ1) is 7.84. The summed E-state index contributed by atoms with van der Waals surface area (Å²) in [5, 5.41) is 0. The molecule has 1 fully saturated rings. The van der Waals surface area contributed by atoms with Gasteiger partial charge in [0.15, 0.2) is 0 Å². The van der Waals surface area contributed by atoms with Crippen molar-refractivity contribution in [2.45, 2.75) is 38.5 Å². The molecule has 0 amide bonds. The Labute approximate surface area is 94.7 Å². The average Bonchev–Trinajstić information content (AvgIpc) is 2.79. The second kappa shape index (κ2) is 3.92. The summed E-state index contributed by atoms with van der Waals surface area (Å²) in [4.78, 5) is 21.6. The Balaban J connectivity index is 1.96. The van der Waals surface area contributed by atoms with Crippen LogP contribution in [0.5, 0.6) is 0 Å². The molecule has 1 aromatic heterocycles. The molecule has 0 aromatic carbocycles. The molecule has 2 heterocycles. The van der Waals surface area contributed by atoms with E-state index in [2.05, 4.69) is 14.9 Å². The number of nitrogens with one attached hydrogen (secondary N) is 1. The smallest absolute Gasteiger partial charge is 0.255 e. The summed E-state index contributed by atoms with van der Waals surface area (Å²) >= 11 is 0. The van der Waals surface area contributed by atoms with Gasteiger partial charge in [-0.2, -0.15) is 0 Å². The van der Waals surface area contributed by atoms with Crippen LogP contribution in [0.25, 0.3) is 0 Å². The largest absolute Gasteiger partial charge is 0.342 e. The van der Waals surface area contributed by atoms with Crippen molar-refractivity contribution < 1.29 is 0 Å². The molecular formula is C12H17N3O. The van der Waals surface area contributed by atoms with Crippen molar-refractivity contribution in [3.63, 3.8) is 0 Å². The fourth-order valence-corrected chi connectivity index (χ4v) is 2.68. The Morgan fingerprint density at radius 2 is 1.88 bits per heavy atom. The minimum Gasteiger partial charge on any atom is -0.342 e. The predicted octanol–water partition coefficient (Wildman–Crippen LogP) is 1.25. The maximum absolute atomic E-state index is 11.9. The number of hydrogen-bond acceptors (Lipinski definition) is 3. The molecule has 16 heavy (non-hydrogen) atoms. The van der Waals surface area contributed by atoms with Crippen molar-refractivity contribution in [3.8, 4) is 0 Å². The first-order valence-electron chi connectivity index (χ1n) is 6.21. The average molecular weight is 219 g/mol. The summed E-state index contributed by atoms with van der Waals surface area (Å²) in [7, 11) is 0. The topological polar surface area (TPSA) is 49.0 Å². The first kappa shape index (κ1) is 9.87. The molecule has 1 saturated heterocycles. The molecule has 0 radical (unpaired) electrons. The first-order valence-corrected chi connectivity index (χ1v) is 6.21. The molecule has 1 aliphatic carbocycles. The molecule has 0 saturated carbocycles. The molecule has 1 aliphatic heterocycles. The fourth-order valence-electron chi connectivity index (χ4n) is 2.68. The van der Waals surface area contributed by atoms with Crippen LogP contribution in [0.15, 0.2) is 4.79 Å². The summed E-state index contributed by atoms with van der Waals surface area (Å²) in [6, 6.07) is 0. The molecule has 1 N–H and O–H groups in total. The number of anilines is 1. The highest BCUT2D eigenvalue weighted by Crippen LogP contribution is 2.20. The van der Waals surface area contributed by atoms with Gasteiger partial charge >= 0.3 is 0 Å². The van der Waals surface area contributed by atoms with Gasteiger partial charge in [-0.15, -0.1) is 0 Å². The summed E-state index contributed by atoms with van der Waals surface area (Å²) in [6.45, 7) is 2.06. The number of aryl methyl sites for hydroxylation is 1. The summed E-state index contributed by atoms with van der Waals surface area (Å²) in [5.74, 6) is 0.797. The lowest BCUT2D eigenvalue weighted by Gasteiger charge is -2.27. The number of hydrogen-bond donors (Lipinski definition) is 1. The van der Waals surface area contributed by atoms with Crippen molar-refractivity contribution in [1.29, 1.82) is 0 Å². The van der Waals surface area contributed by atoms with E-state index in [4.69, 9.17) is 0 Å². The van der Waals surface area contributed by atoms with Crippen molar-refractivity contribution >= 4 is 5.95 Å². The van der Waals surface area contributed by atoms with Gasteiger partial charge in [0.2, 0.25) is 5.95 Å². The molecule has 4 nitrogen and oxygen atoms in total. The number of piperidine rings is 1. The Morgan fingerprint density at radius 3 is 2.69 bits per heavy atom. The van der Waals surface area contributed by atoms with Crippen LogP contribution < -0.4 is 10.5 Å². The molecule has 1 aromatic rings. The number of aromatic amines is 1. The number of H-pyrrole nitrogens is 1. The van der Waals surface area contributed by atoms with Crippen molar-refractivity contribution in [2.24, 2.45) is 0 Å². The Hall–Kier alpha value is -1.32. The van der Waals surface area contributed by atoms with Crippen LogP contribution in [-0.2, 0) is 12.8 Å². The fraction of sp³-hybridized carbons (Fsp3) is 0.667. The quantitative estimate of drug-likeness (QED) is 0.773. The lowest BCUT2D eigenvalue weighted by Crippen LogP contribution is -2.33. The van der Waals surface area contributed by atoms with E-state index in [1.54, 1.807) is 0 Å². The Bertz CT molecular complexity index is 446. The molecule has 0 bridgehead atoms. The van der Waals surface area contributed by atoms with Crippen LogP contribution in [-0.4, -0.2) is 23.1 Å². The molecule has 2 aliphatic rings. The summed E-state index contributed by atoms with van der Waals surface area (Å²) in [6.07, 6.45) is 6.67. The van der Waals surface area contributed by atoms with E-state index in [9.17, 15) is 4.79 Å². The van der Waals surface area contributed by atoms with Gasteiger partial charge in [0.25, 0.3) is 5.56 Å². The number of fused-ring (bicyclic) bond motifs is 1. The zero-order chi connectivity index (χ0) is 11.0. The van der Waals surface area contributed by atoms with Gasteiger partial charge < -0.3 is 4.90 Å². The summed E-state index contributed by atoms with van der Waals surface area (Å²) in [5.41, 5.74) is 2.04. The highest BCUT2D eigenvalue weighted by molar-refractivity contribution is 5.35. The van der Waals surface area contributed by atoms with Crippen molar-refractivity contribution in [1.82, 2.24) is 9.97 Å². The third-order valence-electron chi connectivity index (χ3n) is 3.58. The highest BCUT2D eigenvalue weighted by Gasteiger charge is 2.20. The predicted molar refractivity (Wildman–Crippen MR) is 62.9 cm³/mol. The van der Waals surface area contributed by atoms with Gasteiger partial charge in [0.05, 0.1) is 5.69 Å². The molecule has 0 unspecified atom stereocenters. The second-order valence-electron chi connectivity index (χ2n) is 4.72. The van der Waals surface area contributed by atoms with Gasteiger partial charge in [-0.25, -0.2) is 4.98 Å². The van der Waals surface area contributed by atoms with Crippen LogP contribution >= 0.6 is 0 Å². The standard InChI is InChI=1S/C12H17N3O/c16-11-9-5-4-6-10(9)13-12(14-11)15-7-2-1-3-8-15/h1-8H2,(H,13,14,16). The Morgan fingerprint density at radius 1 is 1.06 bits per heavy atom. The van der Waals surface area contributed by atoms with Crippen LogP contribution in [0.3, 0.4) is 0 Å². The third-order valence-corrected chi connectivity index (χ3v) is 3.58. The van der Waals surface area contributed by atoms with Crippen molar-refractivity contribution in [2.75, 3.05) is 18.0 Å². The molecule has 86 valence electrons. The lowest BCUT2D eigenvalue weighted by atomic mass is 10.1. The lowest BCUT2D eigenvalue weighted by molar-refractivity contribution is 0.566. The normalized spacial score (nSPS) is 19.9. The van der Waals surface area contributed by atoms with Gasteiger partial charge in [-0.1, -0.05) is 0 Å². The van der Waals surface area contributed by atoms with E-state index in [0.717, 1.165) is 49.6 Å². The van der Waals surface area contributed by atoms with Crippen LogP contribution in [0.4, 0.5) is 5.95 Å². The number of aromatic nitrogens is 2. The van der Waals surface area contributed by atoms with Gasteiger partial charge in [-0.3, -0.25) is 9.78 Å². The van der Waals surface area contributed by atoms with Gasteiger partial charge in [-0.05, 0) is 38.5 Å². The number of nitrogens with zero attached hydrogens (tertiary/aromatic N) is 2. The monoisotopic (exact) mass is 219 g/mol. The zero-order valence-corrected chi connectivity index (χ0v) is 9.46. The van der Waals surface area contributed by atoms with Crippen LogP contribution in [0.2, 0.25) is 0 Å². The van der Waals surface area contributed by atoms with E-state index in [1.807, 2.05) is 0 Å². The third kappa shape index (κ3) is 1.62. The maximum Gasteiger partial charge on any atom is 0.255 e. The molecular weight excluding hydrogens is 202 g/mol. The van der Waals surface area contributed by atoms with E-state index >= 15 is 0 Å². The van der Waals surface area contributed by atoms with Gasteiger partial charge in [0.1, 0.15) is 0 Å². The summed E-state index contributed by atoms with van der Waals surface area (Å²) < 4.78 is 0. The van der Waals surface area contributed by atoms with Gasteiger partial charge in [0, 0.05) is 18.7 Å².